The number of carbonyl (C=O) groups excluding carboxylic acids is 2. The molecule has 0 heterocycles. The van der Waals surface area contributed by atoms with Gasteiger partial charge in [-0.3, -0.25) is 9.59 Å². The van der Waals surface area contributed by atoms with Crippen molar-refractivity contribution in [2.24, 2.45) is 0 Å². The van der Waals surface area contributed by atoms with Gasteiger partial charge in [0.05, 0.1) is 19.6 Å². The lowest BCUT2D eigenvalue weighted by atomic mass is 10.3. The van der Waals surface area contributed by atoms with Gasteiger partial charge >= 0.3 is 0 Å². The minimum absolute atomic E-state index is 0.119. The van der Waals surface area contributed by atoms with Crippen molar-refractivity contribution in [2.75, 3.05) is 25.5 Å². The van der Waals surface area contributed by atoms with Crippen LogP contribution in [0.3, 0.4) is 0 Å². The van der Waals surface area contributed by atoms with Crippen molar-refractivity contribution >= 4 is 33.4 Å². The molecule has 2 aromatic carbocycles. The molecule has 0 aliphatic rings. The van der Waals surface area contributed by atoms with Crippen molar-refractivity contribution < 1.29 is 18.7 Å². The molecule has 0 aromatic heterocycles. The molecule has 0 atom stereocenters. The third-order valence-corrected chi connectivity index (χ3v) is 3.79. The van der Waals surface area contributed by atoms with E-state index in [1.54, 1.807) is 18.2 Å². The zero-order chi connectivity index (χ0) is 18.2. The van der Waals surface area contributed by atoms with Crippen molar-refractivity contribution in [3.8, 4) is 5.75 Å². The number of amides is 2. The number of likely N-dealkylation sites (N-methyl/N-ethyl adjacent to an activating group) is 1. The minimum Gasteiger partial charge on any atom is -0.493 e. The van der Waals surface area contributed by atoms with Gasteiger partial charge < -0.3 is 15.0 Å². The molecule has 0 bridgehead atoms. The van der Waals surface area contributed by atoms with Crippen molar-refractivity contribution in [1.29, 1.82) is 0 Å². The molecule has 0 saturated heterocycles. The van der Waals surface area contributed by atoms with Crippen LogP contribution in [0, 0.1) is 5.82 Å². The first-order chi connectivity index (χ1) is 11.9. The van der Waals surface area contributed by atoms with Crippen molar-refractivity contribution in [3.05, 3.63) is 58.8 Å². The van der Waals surface area contributed by atoms with Gasteiger partial charge in [-0.05, 0) is 36.4 Å². The zero-order valence-corrected chi connectivity index (χ0v) is 15.3. The smallest absolute Gasteiger partial charge is 0.243 e. The lowest BCUT2D eigenvalue weighted by molar-refractivity contribution is -0.133. The second kappa shape index (κ2) is 9.17. The van der Waals surface area contributed by atoms with Crippen molar-refractivity contribution in [2.45, 2.75) is 6.42 Å². The van der Waals surface area contributed by atoms with Crippen LogP contribution in [0.5, 0.6) is 5.75 Å². The maximum Gasteiger partial charge on any atom is 0.243 e. The van der Waals surface area contributed by atoms with Gasteiger partial charge in [-0.25, -0.2) is 4.39 Å². The normalized spacial score (nSPS) is 10.2. The summed E-state index contributed by atoms with van der Waals surface area (Å²) < 4.78 is 19.5. The molecule has 25 heavy (non-hydrogen) atoms. The van der Waals surface area contributed by atoms with E-state index in [0.717, 1.165) is 4.47 Å². The summed E-state index contributed by atoms with van der Waals surface area (Å²) >= 11 is 3.34. The Kier molecular flexibility index (Phi) is 6.94. The fourth-order valence-electron chi connectivity index (χ4n) is 2.07. The van der Waals surface area contributed by atoms with E-state index in [2.05, 4.69) is 21.2 Å². The summed E-state index contributed by atoms with van der Waals surface area (Å²) in [5, 5.41) is 2.55. The molecule has 2 rings (SSSR count). The van der Waals surface area contributed by atoms with Crippen LogP contribution in [0.2, 0.25) is 0 Å². The van der Waals surface area contributed by atoms with E-state index in [1.807, 2.05) is 12.1 Å². The number of nitrogens with one attached hydrogen (secondary N) is 1. The molecule has 1 N–H and O–H groups in total. The van der Waals surface area contributed by atoms with E-state index in [4.69, 9.17) is 4.74 Å². The highest BCUT2D eigenvalue weighted by Crippen LogP contribution is 2.17. The molecule has 7 heteroatoms. The Morgan fingerprint density at radius 2 is 1.96 bits per heavy atom. The monoisotopic (exact) mass is 408 g/mol. The first-order valence-electron chi connectivity index (χ1n) is 7.62. The van der Waals surface area contributed by atoms with Gasteiger partial charge in [0.15, 0.2) is 0 Å². The van der Waals surface area contributed by atoms with E-state index in [1.165, 1.54) is 30.1 Å². The number of halogens is 2. The molecular formula is C18H18BrFN2O3. The highest BCUT2D eigenvalue weighted by molar-refractivity contribution is 9.10. The van der Waals surface area contributed by atoms with Crippen LogP contribution in [0.1, 0.15) is 6.42 Å². The first kappa shape index (κ1) is 18.9. The Morgan fingerprint density at radius 3 is 2.68 bits per heavy atom. The van der Waals surface area contributed by atoms with Gasteiger partial charge in [-0.15, -0.1) is 0 Å². The summed E-state index contributed by atoms with van der Waals surface area (Å²) in [6, 6.07) is 12.9. The molecule has 0 aliphatic heterocycles. The molecular weight excluding hydrogens is 391 g/mol. The molecule has 0 fully saturated rings. The Morgan fingerprint density at radius 1 is 1.20 bits per heavy atom. The summed E-state index contributed by atoms with van der Waals surface area (Å²) in [5.74, 6) is -0.389. The van der Waals surface area contributed by atoms with Crippen LogP contribution >= 0.6 is 15.9 Å². The molecule has 0 aliphatic carbocycles. The third kappa shape index (κ3) is 6.54. The number of ether oxygens (including phenoxy) is 1. The Bertz CT molecular complexity index is 755. The average molecular weight is 409 g/mol. The van der Waals surface area contributed by atoms with Crippen LogP contribution in [0.25, 0.3) is 0 Å². The number of benzene rings is 2. The van der Waals surface area contributed by atoms with Gasteiger partial charge in [-0.2, -0.15) is 0 Å². The topological polar surface area (TPSA) is 58.6 Å². The number of hydrogen-bond donors (Lipinski definition) is 1. The maximum absolute atomic E-state index is 13.1. The van der Waals surface area contributed by atoms with Crippen LogP contribution in [-0.2, 0) is 9.59 Å². The molecule has 0 unspecified atom stereocenters. The lowest BCUT2D eigenvalue weighted by Gasteiger charge is -2.17. The van der Waals surface area contributed by atoms with Gasteiger partial charge in [-0.1, -0.05) is 28.1 Å². The molecule has 132 valence electrons. The second-order valence-electron chi connectivity index (χ2n) is 5.36. The summed E-state index contributed by atoms with van der Waals surface area (Å²) in [6.45, 7) is 0.0946. The van der Waals surface area contributed by atoms with E-state index in [9.17, 15) is 14.0 Å². The largest absolute Gasteiger partial charge is 0.493 e. The molecule has 2 aromatic rings. The number of nitrogens with zero attached hydrogens (tertiary/aromatic N) is 1. The summed E-state index contributed by atoms with van der Waals surface area (Å²) in [5.41, 5.74) is 0.351. The summed E-state index contributed by atoms with van der Waals surface area (Å²) in [7, 11) is 1.53. The number of carbonyl (C=O) groups is 2. The number of hydrogen-bond acceptors (Lipinski definition) is 3. The van der Waals surface area contributed by atoms with Crippen molar-refractivity contribution in [1.82, 2.24) is 4.90 Å². The fraction of sp³-hybridized carbons (Fsp3) is 0.222. The Hall–Kier alpha value is -2.41. The number of rotatable bonds is 7. The first-order valence-corrected chi connectivity index (χ1v) is 8.41. The molecule has 0 spiro atoms. The van der Waals surface area contributed by atoms with E-state index in [0.29, 0.717) is 11.4 Å². The Labute approximate surface area is 153 Å². The fourth-order valence-corrected chi connectivity index (χ4v) is 2.45. The van der Waals surface area contributed by atoms with E-state index < -0.39 is 11.7 Å². The summed E-state index contributed by atoms with van der Waals surface area (Å²) in [4.78, 5) is 25.3. The zero-order valence-electron chi connectivity index (χ0n) is 13.7. The molecule has 0 saturated carbocycles. The van der Waals surface area contributed by atoms with Crippen LogP contribution in [0.4, 0.5) is 10.1 Å². The summed E-state index contributed by atoms with van der Waals surface area (Å²) in [6.07, 6.45) is 0.149. The predicted molar refractivity (Wildman–Crippen MR) is 96.9 cm³/mol. The minimum atomic E-state index is -0.438. The second-order valence-corrected chi connectivity index (χ2v) is 6.28. The van der Waals surface area contributed by atoms with Gasteiger partial charge in [0, 0.05) is 17.2 Å². The molecule has 0 radical (unpaired) electrons. The van der Waals surface area contributed by atoms with Crippen LogP contribution in [0.15, 0.2) is 53.0 Å². The lowest BCUT2D eigenvalue weighted by Crippen LogP contribution is -2.35. The quantitative estimate of drug-likeness (QED) is 0.762. The van der Waals surface area contributed by atoms with Crippen molar-refractivity contribution in [3.63, 3.8) is 0 Å². The van der Waals surface area contributed by atoms with Crippen LogP contribution in [-0.4, -0.2) is 36.9 Å². The molecule has 2 amide bonds. The third-order valence-electron chi connectivity index (χ3n) is 3.30. The molecule has 5 nitrogen and oxygen atoms in total. The van der Waals surface area contributed by atoms with Gasteiger partial charge in [0.1, 0.15) is 11.6 Å². The predicted octanol–water partition coefficient (Wildman–Crippen LogP) is 3.45. The van der Waals surface area contributed by atoms with E-state index in [-0.39, 0.29) is 25.5 Å². The maximum atomic E-state index is 13.1. The standard InChI is InChI=1S/C18H18BrFN2O3/c1-22(12-17(23)21-15-6-3-5-14(20)11-15)18(24)8-9-25-16-7-2-4-13(19)10-16/h2-7,10-11H,8-9,12H2,1H3,(H,21,23). The van der Waals surface area contributed by atoms with Gasteiger partial charge in [0.2, 0.25) is 11.8 Å². The van der Waals surface area contributed by atoms with Crippen LogP contribution < -0.4 is 10.1 Å². The SMILES string of the molecule is CN(CC(=O)Nc1cccc(F)c1)C(=O)CCOc1cccc(Br)c1. The average Bonchev–Trinajstić information content (AvgIpc) is 2.54. The van der Waals surface area contributed by atoms with Gasteiger partial charge in [0.25, 0.3) is 0 Å². The number of anilines is 1. The highest BCUT2D eigenvalue weighted by Gasteiger charge is 2.13. The Balaban J connectivity index is 1.74. The highest BCUT2D eigenvalue weighted by atomic mass is 79.9. The van der Waals surface area contributed by atoms with E-state index >= 15 is 0 Å².